The number of carbonyl (C=O) groups excluding carboxylic acids is 2. The van der Waals surface area contributed by atoms with Gasteiger partial charge in [0.05, 0.1) is 6.42 Å². The van der Waals surface area contributed by atoms with E-state index in [1.165, 1.54) is 16.7 Å². The number of thioether (sulfide) groups is 1. The third kappa shape index (κ3) is 6.12. The summed E-state index contributed by atoms with van der Waals surface area (Å²) in [6.45, 7) is 0. The van der Waals surface area contributed by atoms with Gasteiger partial charge < -0.3 is 15.2 Å². The summed E-state index contributed by atoms with van der Waals surface area (Å²) in [6.07, 6.45) is -0.759. The Morgan fingerprint density at radius 3 is 2.23 bits per heavy atom. The monoisotopic (exact) mass is 625 g/mol. The molecule has 1 fully saturated rings. The van der Waals surface area contributed by atoms with Crippen molar-refractivity contribution >= 4 is 52.4 Å². The number of aromatic amines is 1. The minimum atomic E-state index is -1.06. The molecule has 0 bridgehead atoms. The molecule has 2 atom stereocenters. The Bertz CT molecular complexity index is 1690. The molecular formula is C32H27N5O5S2. The van der Waals surface area contributed by atoms with Crippen molar-refractivity contribution in [1.82, 2.24) is 25.4 Å². The molecule has 2 aliphatic heterocycles. The molecule has 12 heteroatoms. The lowest BCUT2D eigenvalue weighted by atomic mass is 10.0. The van der Waals surface area contributed by atoms with E-state index in [-0.39, 0.29) is 41.4 Å². The predicted molar refractivity (Wildman–Crippen MR) is 168 cm³/mol. The van der Waals surface area contributed by atoms with Crippen molar-refractivity contribution in [1.29, 1.82) is 0 Å². The number of fused-ring (bicyclic) bond motifs is 1. The first kappa shape index (κ1) is 29.3. The topological polar surface area (TPSA) is 138 Å². The zero-order valence-corrected chi connectivity index (χ0v) is 24.9. The number of amides is 2. The molecule has 1 aromatic heterocycles. The van der Waals surface area contributed by atoms with Gasteiger partial charge in [-0.15, -0.1) is 11.8 Å². The summed E-state index contributed by atoms with van der Waals surface area (Å²) < 4.78 is 6.50. The summed E-state index contributed by atoms with van der Waals surface area (Å²) in [5.74, 6) is -0.896. The molecule has 0 saturated carbocycles. The first-order chi connectivity index (χ1) is 21.4. The van der Waals surface area contributed by atoms with E-state index in [0.717, 1.165) is 16.7 Å². The third-order valence-corrected chi connectivity index (χ3v) is 8.80. The van der Waals surface area contributed by atoms with Gasteiger partial charge in [-0.3, -0.25) is 24.4 Å². The highest BCUT2D eigenvalue weighted by Gasteiger charge is 2.54. The SMILES string of the molecule is O=C(O)Cc1nc(C2=C(C(=S)OC(c3ccccc3)c3ccccc3)N3C(=O)[C@@H](NC(=O)Cc4ccccc4)[C@H]3SC2)n[nH]1. The third-order valence-electron chi connectivity index (χ3n) is 7.24. The van der Waals surface area contributed by atoms with E-state index < -0.39 is 23.5 Å². The summed E-state index contributed by atoms with van der Waals surface area (Å²) >= 11 is 7.34. The van der Waals surface area contributed by atoms with Crippen LogP contribution in [-0.4, -0.2) is 65.2 Å². The maximum absolute atomic E-state index is 13.7. The number of ether oxygens (including phenoxy) is 1. The van der Waals surface area contributed by atoms with Crippen LogP contribution in [0.1, 0.15) is 34.4 Å². The summed E-state index contributed by atoms with van der Waals surface area (Å²) in [4.78, 5) is 43.7. The Hall–Kier alpha value is -4.81. The fourth-order valence-corrected chi connectivity index (χ4v) is 6.84. The number of carbonyl (C=O) groups is 3. The second-order valence-corrected chi connectivity index (χ2v) is 11.7. The molecule has 3 N–H and O–H groups in total. The molecule has 44 heavy (non-hydrogen) atoms. The maximum Gasteiger partial charge on any atom is 0.311 e. The summed E-state index contributed by atoms with van der Waals surface area (Å²) in [5, 5.41) is 18.7. The van der Waals surface area contributed by atoms with Gasteiger partial charge in [-0.2, -0.15) is 5.10 Å². The standard InChI is InChI=1S/C32H27N5O5S2/c38-24(16-19-10-4-1-5-11-19)34-26-30(41)37-27(22(18-44-31(26)37)29-33-23(35-36-29)17-25(39)40)32(43)42-28(20-12-6-2-7-13-20)21-14-8-3-9-15-21/h1-15,26,28,31H,16-18H2,(H,34,38)(H,39,40)(H,33,35,36)/t26-,31-/m1/s1. The van der Waals surface area contributed by atoms with E-state index in [9.17, 15) is 19.5 Å². The number of nitrogens with zero attached hydrogens (tertiary/aromatic N) is 3. The van der Waals surface area contributed by atoms with E-state index in [1.54, 1.807) is 0 Å². The Balaban J connectivity index is 1.32. The average Bonchev–Trinajstić information content (AvgIpc) is 3.50. The largest absolute Gasteiger partial charge is 0.481 e. The van der Waals surface area contributed by atoms with Gasteiger partial charge in [0.1, 0.15) is 35.5 Å². The molecule has 0 spiro atoms. The number of benzene rings is 3. The van der Waals surface area contributed by atoms with Crippen LogP contribution >= 0.6 is 24.0 Å². The minimum absolute atomic E-state index is 0.0648. The van der Waals surface area contributed by atoms with Crippen LogP contribution in [0.2, 0.25) is 0 Å². The van der Waals surface area contributed by atoms with E-state index in [2.05, 4.69) is 20.5 Å². The number of hydrogen-bond acceptors (Lipinski definition) is 8. The van der Waals surface area contributed by atoms with Gasteiger partial charge in [0.2, 0.25) is 11.0 Å². The molecule has 4 aromatic rings. The van der Waals surface area contributed by atoms with Gasteiger partial charge in [-0.25, -0.2) is 4.98 Å². The molecule has 3 heterocycles. The normalized spacial score (nSPS) is 17.6. The molecule has 2 aliphatic rings. The minimum Gasteiger partial charge on any atom is -0.481 e. The molecule has 10 nitrogen and oxygen atoms in total. The molecule has 0 unspecified atom stereocenters. The van der Waals surface area contributed by atoms with Crippen LogP contribution < -0.4 is 5.32 Å². The van der Waals surface area contributed by atoms with Crippen molar-refractivity contribution in [3.63, 3.8) is 0 Å². The van der Waals surface area contributed by atoms with Gasteiger partial charge in [0.25, 0.3) is 5.91 Å². The number of aliphatic carboxylic acids is 1. The number of carboxylic acids is 1. The van der Waals surface area contributed by atoms with E-state index in [1.807, 2.05) is 91.0 Å². The van der Waals surface area contributed by atoms with Crippen LogP contribution in [0.15, 0.2) is 96.7 Å². The van der Waals surface area contributed by atoms with Crippen LogP contribution in [0.3, 0.4) is 0 Å². The number of hydrogen-bond donors (Lipinski definition) is 3. The second kappa shape index (κ2) is 12.8. The highest BCUT2D eigenvalue weighted by molar-refractivity contribution is 8.00. The molecule has 1 saturated heterocycles. The smallest absolute Gasteiger partial charge is 0.311 e. The molecule has 2 amide bonds. The average molecular weight is 626 g/mol. The Kier molecular flexibility index (Phi) is 8.53. The number of nitrogens with one attached hydrogen (secondary N) is 2. The van der Waals surface area contributed by atoms with Gasteiger partial charge in [-0.1, -0.05) is 91.0 Å². The van der Waals surface area contributed by atoms with Crippen molar-refractivity contribution in [2.45, 2.75) is 30.4 Å². The fourth-order valence-electron chi connectivity index (χ4n) is 5.19. The zero-order valence-electron chi connectivity index (χ0n) is 23.3. The molecule has 3 aromatic carbocycles. The Morgan fingerprint density at radius 2 is 1.61 bits per heavy atom. The Morgan fingerprint density at radius 1 is 1.00 bits per heavy atom. The molecule has 0 radical (unpaired) electrons. The molecule has 222 valence electrons. The van der Waals surface area contributed by atoms with Crippen molar-refractivity contribution in [2.75, 3.05) is 5.75 Å². The van der Waals surface area contributed by atoms with Crippen LogP contribution in [0.25, 0.3) is 5.57 Å². The van der Waals surface area contributed by atoms with Gasteiger partial charge in [0.15, 0.2) is 5.82 Å². The lowest BCUT2D eigenvalue weighted by Gasteiger charge is -2.50. The number of aromatic nitrogens is 3. The molecule has 6 rings (SSSR count). The van der Waals surface area contributed by atoms with Crippen molar-refractivity contribution in [3.8, 4) is 0 Å². The summed E-state index contributed by atoms with van der Waals surface area (Å²) in [7, 11) is 0. The summed E-state index contributed by atoms with van der Waals surface area (Å²) in [5.41, 5.74) is 3.45. The highest BCUT2D eigenvalue weighted by atomic mass is 32.2. The van der Waals surface area contributed by atoms with Crippen LogP contribution in [0.5, 0.6) is 0 Å². The van der Waals surface area contributed by atoms with E-state index in [0.29, 0.717) is 17.0 Å². The second-order valence-electron chi connectivity index (χ2n) is 10.2. The molecule has 0 aliphatic carbocycles. The lowest BCUT2D eigenvalue weighted by molar-refractivity contribution is -0.145. The molecular weight excluding hydrogens is 599 g/mol. The van der Waals surface area contributed by atoms with Crippen LogP contribution in [0.4, 0.5) is 0 Å². The number of β-lactam (4-membered cyclic amide) rings is 1. The number of carboxylic acid groups (broad SMARTS) is 1. The highest BCUT2D eigenvalue weighted by Crippen LogP contribution is 2.44. The van der Waals surface area contributed by atoms with E-state index >= 15 is 0 Å². The first-order valence-electron chi connectivity index (χ1n) is 13.8. The van der Waals surface area contributed by atoms with Crippen molar-refractivity contribution in [2.24, 2.45) is 0 Å². The number of thiocarbonyl (C=S) groups is 1. The zero-order chi connectivity index (χ0) is 30.6. The first-order valence-corrected chi connectivity index (χ1v) is 15.3. The fraction of sp³-hybridized carbons (Fsp3) is 0.188. The van der Waals surface area contributed by atoms with Crippen molar-refractivity contribution in [3.05, 3.63) is 125 Å². The van der Waals surface area contributed by atoms with Gasteiger partial charge in [-0.05, 0) is 28.9 Å². The van der Waals surface area contributed by atoms with Gasteiger partial charge >= 0.3 is 5.97 Å². The number of H-pyrrole nitrogens is 1. The Labute approximate surface area is 262 Å². The van der Waals surface area contributed by atoms with Crippen LogP contribution in [-0.2, 0) is 32.0 Å². The number of rotatable bonds is 10. The predicted octanol–water partition coefficient (Wildman–Crippen LogP) is 3.92. The quantitative estimate of drug-likeness (QED) is 0.177. The van der Waals surface area contributed by atoms with Gasteiger partial charge in [0, 0.05) is 11.3 Å². The van der Waals surface area contributed by atoms with Crippen molar-refractivity contribution < 1.29 is 24.2 Å². The van der Waals surface area contributed by atoms with Crippen LogP contribution in [0, 0.1) is 0 Å². The maximum atomic E-state index is 13.7. The van der Waals surface area contributed by atoms with E-state index in [4.69, 9.17) is 17.0 Å². The lowest BCUT2D eigenvalue weighted by Crippen LogP contribution is -2.70. The summed E-state index contributed by atoms with van der Waals surface area (Å²) in [6, 6.07) is 27.8.